The van der Waals surface area contributed by atoms with Gasteiger partial charge in [0.1, 0.15) is 0 Å². The highest BCUT2D eigenvalue weighted by Gasteiger charge is 2.35. The zero-order valence-corrected chi connectivity index (χ0v) is 15.4. The number of carbonyl (C=O) groups is 2. The summed E-state index contributed by atoms with van der Waals surface area (Å²) in [5.74, 6) is -0.330. The lowest BCUT2D eigenvalue weighted by molar-refractivity contribution is -0.142. The molecule has 1 aliphatic heterocycles. The third-order valence-electron chi connectivity index (χ3n) is 5.31. The molecule has 8 heteroatoms. The van der Waals surface area contributed by atoms with Crippen molar-refractivity contribution in [2.75, 3.05) is 26.3 Å². The van der Waals surface area contributed by atoms with Gasteiger partial charge >= 0.3 is 0 Å². The highest BCUT2D eigenvalue weighted by Crippen LogP contribution is 2.27. The van der Waals surface area contributed by atoms with Gasteiger partial charge < -0.3 is 24.6 Å². The minimum absolute atomic E-state index is 0.0836. The van der Waals surface area contributed by atoms with Gasteiger partial charge in [0.2, 0.25) is 11.8 Å². The summed E-state index contributed by atoms with van der Waals surface area (Å²) in [4.78, 5) is 38.4. The third-order valence-corrected chi connectivity index (χ3v) is 5.31. The molecule has 2 N–H and O–H groups in total. The Morgan fingerprint density at radius 1 is 1.22 bits per heavy atom. The molecule has 1 saturated carbocycles. The van der Waals surface area contributed by atoms with Crippen LogP contribution in [0.2, 0.25) is 0 Å². The van der Waals surface area contributed by atoms with Gasteiger partial charge in [-0.2, -0.15) is 0 Å². The lowest BCUT2D eigenvalue weighted by Gasteiger charge is -2.36. The number of amides is 2. The number of nitrogens with zero attached hydrogens (tertiary/aromatic N) is 2. The molecule has 3 rings (SSSR count). The number of morpholine rings is 1. The van der Waals surface area contributed by atoms with Crippen LogP contribution in [-0.2, 0) is 20.9 Å². The number of rotatable bonds is 5. The SMILES string of the molecule is O=C(CCn1ccccc1=O)N[C@@H]1C[C@@H](C(=O)N2CCOCC2)CC[C@H]1O. The third kappa shape index (κ3) is 5.17. The monoisotopic (exact) mass is 377 g/mol. The Labute approximate surface area is 158 Å². The van der Waals surface area contributed by atoms with Crippen molar-refractivity contribution in [1.29, 1.82) is 0 Å². The van der Waals surface area contributed by atoms with Crippen molar-refractivity contribution in [3.8, 4) is 0 Å². The molecule has 3 atom stereocenters. The molecular formula is C19H27N3O5. The summed E-state index contributed by atoms with van der Waals surface area (Å²) in [7, 11) is 0. The van der Waals surface area contributed by atoms with Crippen LogP contribution in [-0.4, -0.2) is 64.8 Å². The van der Waals surface area contributed by atoms with Gasteiger partial charge in [0.05, 0.1) is 25.4 Å². The van der Waals surface area contributed by atoms with Crippen LogP contribution >= 0.6 is 0 Å². The number of ether oxygens (including phenoxy) is 1. The van der Waals surface area contributed by atoms with Crippen LogP contribution in [0.4, 0.5) is 0 Å². The molecule has 0 bridgehead atoms. The van der Waals surface area contributed by atoms with E-state index in [0.717, 1.165) is 0 Å². The first kappa shape index (κ1) is 19.6. The molecule has 1 aromatic rings. The summed E-state index contributed by atoms with van der Waals surface area (Å²) in [6.07, 6.45) is 2.70. The van der Waals surface area contributed by atoms with Gasteiger partial charge in [-0.15, -0.1) is 0 Å². The summed E-state index contributed by atoms with van der Waals surface area (Å²) >= 11 is 0. The van der Waals surface area contributed by atoms with Crippen LogP contribution in [0.25, 0.3) is 0 Å². The molecule has 0 spiro atoms. The van der Waals surface area contributed by atoms with Gasteiger partial charge in [0.25, 0.3) is 5.56 Å². The predicted molar refractivity (Wildman–Crippen MR) is 98.0 cm³/mol. The van der Waals surface area contributed by atoms with E-state index in [0.29, 0.717) is 45.6 Å². The van der Waals surface area contributed by atoms with Crippen molar-refractivity contribution in [2.24, 2.45) is 5.92 Å². The second kappa shape index (κ2) is 9.14. The van der Waals surface area contributed by atoms with Gasteiger partial charge in [-0.3, -0.25) is 14.4 Å². The highest BCUT2D eigenvalue weighted by molar-refractivity contribution is 5.80. The number of hydrogen-bond acceptors (Lipinski definition) is 5. The fourth-order valence-corrected chi connectivity index (χ4v) is 3.72. The number of aliphatic hydroxyl groups is 1. The fraction of sp³-hybridized carbons (Fsp3) is 0.632. The average Bonchev–Trinajstić information content (AvgIpc) is 2.69. The normalized spacial score (nSPS) is 25.8. The minimum atomic E-state index is -0.651. The second-order valence-electron chi connectivity index (χ2n) is 7.17. The molecule has 2 heterocycles. The second-order valence-corrected chi connectivity index (χ2v) is 7.17. The van der Waals surface area contributed by atoms with Gasteiger partial charge in [-0.25, -0.2) is 0 Å². The van der Waals surface area contributed by atoms with E-state index < -0.39 is 12.1 Å². The first-order chi connectivity index (χ1) is 13.0. The standard InChI is InChI=1S/C19H27N3O5/c23-16-5-4-14(19(26)22-9-11-27-12-10-22)13-15(16)20-17(24)6-8-21-7-2-1-3-18(21)25/h1-3,7,14-16,23H,4-6,8-13H2,(H,20,24)/t14-,15+,16+/m0/s1. The van der Waals surface area contributed by atoms with Crippen LogP contribution < -0.4 is 10.9 Å². The van der Waals surface area contributed by atoms with Gasteiger partial charge in [-0.1, -0.05) is 6.07 Å². The van der Waals surface area contributed by atoms with Crippen molar-refractivity contribution in [3.63, 3.8) is 0 Å². The number of nitrogens with one attached hydrogen (secondary N) is 1. The molecular weight excluding hydrogens is 350 g/mol. The Morgan fingerprint density at radius 3 is 2.74 bits per heavy atom. The van der Waals surface area contributed by atoms with Crippen LogP contribution in [0.15, 0.2) is 29.2 Å². The van der Waals surface area contributed by atoms with Crippen LogP contribution in [0, 0.1) is 5.92 Å². The smallest absolute Gasteiger partial charge is 0.250 e. The van der Waals surface area contributed by atoms with E-state index in [1.807, 2.05) is 4.90 Å². The predicted octanol–water partition coefficient (Wildman–Crippen LogP) is -0.257. The summed E-state index contributed by atoms with van der Waals surface area (Å²) in [5, 5.41) is 13.1. The van der Waals surface area contributed by atoms with Gasteiger partial charge in [0, 0.05) is 44.2 Å². The number of aryl methyl sites for hydroxylation is 1. The maximum Gasteiger partial charge on any atom is 0.250 e. The summed E-state index contributed by atoms with van der Waals surface area (Å²) in [6, 6.07) is 4.41. The van der Waals surface area contributed by atoms with Crippen molar-refractivity contribution in [2.45, 2.75) is 44.4 Å². The Hall–Kier alpha value is -2.19. The van der Waals surface area contributed by atoms with E-state index in [9.17, 15) is 19.5 Å². The molecule has 148 valence electrons. The van der Waals surface area contributed by atoms with Crippen molar-refractivity contribution < 1.29 is 19.4 Å². The number of carbonyl (C=O) groups excluding carboxylic acids is 2. The topological polar surface area (TPSA) is 101 Å². The van der Waals surface area contributed by atoms with Crippen LogP contribution in [0.5, 0.6) is 0 Å². The maximum atomic E-state index is 12.7. The molecule has 0 radical (unpaired) electrons. The maximum absolute atomic E-state index is 12.7. The summed E-state index contributed by atoms with van der Waals surface area (Å²) < 4.78 is 6.76. The highest BCUT2D eigenvalue weighted by atomic mass is 16.5. The summed E-state index contributed by atoms with van der Waals surface area (Å²) in [6.45, 7) is 2.59. The van der Waals surface area contributed by atoms with E-state index in [1.165, 1.54) is 10.6 Å². The Bertz CT molecular complexity index is 713. The summed E-state index contributed by atoms with van der Waals surface area (Å²) in [5.41, 5.74) is -0.154. The molecule has 0 aromatic carbocycles. The molecule has 1 aliphatic carbocycles. The lowest BCUT2D eigenvalue weighted by Crippen LogP contribution is -2.51. The number of hydrogen-bond donors (Lipinski definition) is 2. The molecule has 2 amide bonds. The van der Waals surface area contributed by atoms with E-state index >= 15 is 0 Å². The average molecular weight is 377 g/mol. The van der Waals surface area contributed by atoms with Crippen molar-refractivity contribution in [1.82, 2.24) is 14.8 Å². The van der Waals surface area contributed by atoms with Crippen molar-refractivity contribution >= 4 is 11.8 Å². The zero-order chi connectivity index (χ0) is 19.2. The number of aromatic nitrogens is 1. The number of aliphatic hydroxyl groups excluding tert-OH is 1. The van der Waals surface area contributed by atoms with Crippen LogP contribution in [0.1, 0.15) is 25.7 Å². The van der Waals surface area contributed by atoms with E-state index in [2.05, 4.69) is 5.32 Å². The lowest BCUT2D eigenvalue weighted by atomic mass is 9.82. The van der Waals surface area contributed by atoms with Crippen LogP contribution in [0.3, 0.4) is 0 Å². The van der Waals surface area contributed by atoms with Gasteiger partial charge in [-0.05, 0) is 25.3 Å². The van der Waals surface area contributed by atoms with E-state index in [-0.39, 0.29) is 36.3 Å². The van der Waals surface area contributed by atoms with E-state index in [1.54, 1.807) is 18.3 Å². The molecule has 1 saturated heterocycles. The fourth-order valence-electron chi connectivity index (χ4n) is 3.72. The zero-order valence-electron chi connectivity index (χ0n) is 15.4. The molecule has 2 fully saturated rings. The Kier molecular flexibility index (Phi) is 6.63. The largest absolute Gasteiger partial charge is 0.391 e. The molecule has 8 nitrogen and oxygen atoms in total. The molecule has 27 heavy (non-hydrogen) atoms. The Morgan fingerprint density at radius 2 is 2.00 bits per heavy atom. The van der Waals surface area contributed by atoms with E-state index in [4.69, 9.17) is 4.74 Å². The quantitative estimate of drug-likeness (QED) is 0.737. The van der Waals surface area contributed by atoms with Gasteiger partial charge in [0.15, 0.2) is 0 Å². The molecule has 2 aliphatic rings. The Balaban J connectivity index is 1.51. The molecule has 1 aromatic heterocycles. The van der Waals surface area contributed by atoms with Crippen molar-refractivity contribution in [3.05, 3.63) is 34.7 Å². The first-order valence-electron chi connectivity index (χ1n) is 9.54. The minimum Gasteiger partial charge on any atom is -0.391 e. The first-order valence-corrected chi connectivity index (χ1v) is 9.54. The number of pyridine rings is 1. The molecule has 0 unspecified atom stereocenters.